The molecule has 3 heteroatoms. The summed E-state index contributed by atoms with van der Waals surface area (Å²) in [6.07, 6.45) is 10.1. The Labute approximate surface area is 122 Å². The lowest BCUT2D eigenvalue weighted by molar-refractivity contribution is 0.256. The Morgan fingerprint density at radius 2 is 1.95 bits per heavy atom. The molecule has 2 aliphatic rings. The van der Waals surface area contributed by atoms with Crippen molar-refractivity contribution in [3.63, 3.8) is 0 Å². The van der Waals surface area contributed by atoms with Crippen LogP contribution in [0, 0.1) is 0 Å². The van der Waals surface area contributed by atoms with Crippen LogP contribution in [0.4, 0.5) is 0 Å². The molecule has 0 spiro atoms. The van der Waals surface area contributed by atoms with E-state index in [0.717, 1.165) is 24.8 Å². The van der Waals surface area contributed by atoms with Gasteiger partial charge in [0, 0.05) is 4.47 Å². The molecule has 2 fully saturated rings. The Hall–Kier alpha value is -0.920. The fourth-order valence-electron chi connectivity index (χ4n) is 3.45. The second kappa shape index (κ2) is 5.22. The third-order valence-electron chi connectivity index (χ3n) is 4.77. The summed E-state index contributed by atoms with van der Waals surface area (Å²) < 4.78 is 1.18. The topological polar surface area (TPSA) is 29.4 Å². The standard InChI is InChI=1S/C16H18BrNO/c17-15-10-13(16(18-11-19)8-3-9-16)6-7-14(15)12-4-1-2-5-12/h6-7,10,12H,1-5,8-9H2. The molecular weight excluding hydrogens is 302 g/mol. The maximum Gasteiger partial charge on any atom is 0.235 e. The van der Waals surface area contributed by atoms with Crippen LogP contribution in [0.2, 0.25) is 0 Å². The van der Waals surface area contributed by atoms with Gasteiger partial charge in [-0.2, -0.15) is 4.99 Å². The lowest BCUT2D eigenvalue weighted by atomic mass is 9.72. The van der Waals surface area contributed by atoms with Crippen molar-refractivity contribution in [2.24, 2.45) is 4.99 Å². The molecule has 0 radical (unpaired) electrons. The first-order valence-corrected chi connectivity index (χ1v) is 7.93. The molecule has 0 aromatic heterocycles. The molecule has 3 rings (SSSR count). The van der Waals surface area contributed by atoms with Gasteiger partial charge in [0.2, 0.25) is 6.08 Å². The van der Waals surface area contributed by atoms with Crippen LogP contribution in [-0.2, 0) is 10.3 Å². The summed E-state index contributed by atoms with van der Waals surface area (Å²) >= 11 is 3.71. The highest BCUT2D eigenvalue weighted by Crippen LogP contribution is 2.46. The van der Waals surface area contributed by atoms with Gasteiger partial charge in [-0.15, -0.1) is 0 Å². The highest BCUT2D eigenvalue weighted by Gasteiger charge is 2.39. The van der Waals surface area contributed by atoms with Crippen LogP contribution in [0.3, 0.4) is 0 Å². The normalized spacial score (nSPS) is 21.7. The predicted molar refractivity (Wildman–Crippen MR) is 79.0 cm³/mol. The Morgan fingerprint density at radius 3 is 2.47 bits per heavy atom. The van der Waals surface area contributed by atoms with E-state index < -0.39 is 0 Å². The second-order valence-corrected chi connectivity index (χ2v) is 6.66. The molecule has 0 bridgehead atoms. The summed E-state index contributed by atoms with van der Waals surface area (Å²) in [6, 6.07) is 6.57. The van der Waals surface area contributed by atoms with E-state index in [4.69, 9.17) is 0 Å². The monoisotopic (exact) mass is 319 g/mol. The van der Waals surface area contributed by atoms with Crippen molar-refractivity contribution in [3.05, 3.63) is 33.8 Å². The van der Waals surface area contributed by atoms with Gasteiger partial charge in [-0.1, -0.05) is 40.9 Å². The predicted octanol–water partition coefficient (Wildman–Crippen LogP) is 4.82. The largest absolute Gasteiger partial charge is 0.235 e. The first-order valence-electron chi connectivity index (χ1n) is 7.14. The third kappa shape index (κ3) is 2.30. The average Bonchev–Trinajstić information content (AvgIpc) is 2.87. The summed E-state index contributed by atoms with van der Waals surface area (Å²) in [5.41, 5.74) is 2.31. The summed E-state index contributed by atoms with van der Waals surface area (Å²) in [5.74, 6) is 0.704. The molecular formula is C16H18BrNO. The molecule has 0 atom stereocenters. The third-order valence-corrected chi connectivity index (χ3v) is 5.46. The lowest BCUT2D eigenvalue weighted by Gasteiger charge is -2.37. The highest BCUT2D eigenvalue weighted by atomic mass is 79.9. The maximum absolute atomic E-state index is 10.6. The number of aliphatic imine (C=N–C) groups is 1. The molecule has 2 aliphatic carbocycles. The zero-order chi connectivity index (χ0) is 13.3. The van der Waals surface area contributed by atoms with Crippen LogP contribution >= 0.6 is 15.9 Å². The van der Waals surface area contributed by atoms with Gasteiger partial charge in [0.15, 0.2) is 0 Å². The van der Waals surface area contributed by atoms with Gasteiger partial charge < -0.3 is 0 Å². The van der Waals surface area contributed by atoms with Crippen molar-refractivity contribution < 1.29 is 4.79 Å². The van der Waals surface area contributed by atoms with Gasteiger partial charge in [-0.3, -0.25) is 0 Å². The molecule has 0 N–H and O–H groups in total. The number of halogens is 1. The summed E-state index contributed by atoms with van der Waals surface area (Å²) in [5, 5.41) is 0. The molecule has 1 aromatic carbocycles. The van der Waals surface area contributed by atoms with Gasteiger partial charge in [-0.25, -0.2) is 4.79 Å². The van der Waals surface area contributed by atoms with Crippen molar-refractivity contribution >= 4 is 22.0 Å². The van der Waals surface area contributed by atoms with Crippen molar-refractivity contribution in [1.82, 2.24) is 0 Å². The fourth-order valence-corrected chi connectivity index (χ4v) is 4.15. The molecule has 0 unspecified atom stereocenters. The maximum atomic E-state index is 10.6. The van der Waals surface area contributed by atoms with E-state index >= 15 is 0 Å². The first kappa shape index (κ1) is 13.1. The van der Waals surface area contributed by atoms with E-state index in [1.165, 1.54) is 35.7 Å². The van der Waals surface area contributed by atoms with Gasteiger partial charge in [0.05, 0.1) is 5.54 Å². The SMILES string of the molecule is O=C=NC1(c2ccc(C3CCCC3)c(Br)c2)CCC1. The quantitative estimate of drug-likeness (QED) is 0.580. The average molecular weight is 320 g/mol. The number of rotatable bonds is 3. The van der Waals surface area contributed by atoms with E-state index in [-0.39, 0.29) is 5.54 Å². The minimum Gasteiger partial charge on any atom is -0.211 e. The van der Waals surface area contributed by atoms with E-state index in [1.54, 1.807) is 6.08 Å². The summed E-state index contributed by atoms with van der Waals surface area (Å²) in [4.78, 5) is 14.7. The molecule has 1 aromatic rings. The number of benzene rings is 1. The lowest BCUT2D eigenvalue weighted by Crippen LogP contribution is -2.31. The Balaban J connectivity index is 1.92. The summed E-state index contributed by atoms with van der Waals surface area (Å²) in [7, 11) is 0. The van der Waals surface area contributed by atoms with Gasteiger partial charge in [0.1, 0.15) is 0 Å². The molecule has 0 aliphatic heterocycles. The Kier molecular flexibility index (Phi) is 3.60. The Morgan fingerprint density at radius 1 is 1.21 bits per heavy atom. The second-order valence-electron chi connectivity index (χ2n) is 5.81. The van der Waals surface area contributed by atoms with Crippen molar-refractivity contribution in [1.29, 1.82) is 0 Å². The van der Waals surface area contributed by atoms with E-state index in [9.17, 15) is 4.79 Å². The fraction of sp³-hybridized carbons (Fsp3) is 0.562. The number of isocyanates is 1. The minimum absolute atomic E-state index is 0.279. The van der Waals surface area contributed by atoms with E-state index in [1.807, 2.05) is 0 Å². The number of nitrogens with zero attached hydrogens (tertiary/aromatic N) is 1. The zero-order valence-electron chi connectivity index (χ0n) is 11.0. The minimum atomic E-state index is -0.279. The van der Waals surface area contributed by atoms with Crippen molar-refractivity contribution in [2.45, 2.75) is 56.4 Å². The van der Waals surface area contributed by atoms with E-state index in [2.05, 4.69) is 39.1 Å². The molecule has 0 amide bonds. The van der Waals surface area contributed by atoms with Crippen LogP contribution in [0.1, 0.15) is 62.0 Å². The van der Waals surface area contributed by atoms with Crippen LogP contribution in [-0.4, -0.2) is 6.08 Å². The molecule has 2 saturated carbocycles. The molecule has 2 nitrogen and oxygen atoms in total. The van der Waals surface area contributed by atoms with Crippen molar-refractivity contribution in [2.75, 3.05) is 0 Å². The number of hydrogen-bond acceptors (Lipinski definition) is 2. The zero-order valence-corrected chi connectivity index (χ0v) is 12.6. The molecule has 100 valence electrons. The summed E-state index contributed by atoms with van der Waals surface area (Å²) in [6.45, 7) is 0. The van der Waals surface area contributed by atoms with Crippen LogP contribution < -0.4 is 0 Å². The molecule has 0 saturated heterocycles. The highest BCUT2D eigenvalue weighted by molar-refractivity contribution is 9.10. The number of hydrogen-bond donors (Lipinski definition) is 0. The Bertz CT molecular complexity index is 524. The van der Waals surface area contributed by atoms with Crippen molar-refractivity contribution in [3.8, 4) is 0 Å². The van der Waals surface area contributed by atoms with Crippen LogP contribution in [0.25, 0.3) is 0 Å². The molecule has 0 heterocycles. The first-order chi connectivity index (χ1) is 9.25. The van der Waals surface area contributed by atoms with Crippen LogP contribution in [0.5, 0.6) is 0 Å². The van der Waals surface area contributed by atoms with Crippen LogP contribution in [0.15, 0.2) is 27.7 Å². The van der Waals surface area contributed by atoms with Gasteiger partial charge in [0.25, 0.3) is 0 Å². The van der Waals surface area contributed by atoms with Gasteiger partial charge >= 0.3 is 0 Å². The van der Waals surface area contributed by atoms with Gasteiger partial charge in [-0.05, 0) is 55.2 Å². The smallest absolute Gasteiger partial charge is 0.211 e. The number of carbonyl (C=O) groups excluding carboxylic acids is 1. The van der Waals surface area contributed by atoms with E-state index in [0.29, 0.717) is 5.92 Å². The molecule has 19 heavy (non-hydrogen) atoms.